The van der Waals surface area contributed by atoms with Crippen LogP contribution in [0.4, 0.5) is 0 Å². The number of aromatic nitrogens is 2. The fourth-order valence-electron chi connectivity index (χ4n) is 1.41. The molecule has 14 heavy (non-hydrogen) atoms. The van der Waals surface area contributed by atoms with E-state index in [1.165, 1.54) is 0 Å². The number of carbonyl (C=O) groups is 1. The molecule has 0 aliphatic heterocycles. The van der Waals surface area contributed by atoms with E-state index in [1.807, 2.05) is 22.2 Å². The molecule has 0 radical (unpaired) electrons. The smallest absolute Gasteiger partial charge is 0.193 e. The Morgan fingerprint density at radius 1 is 1.64 bits per heavy atom. The summed E-state index contributed by atoms with van der Waals surface area (Å²) in [6.45, 7) is 1.63. The number of hydrogen-bond donors (Lipinski definition) is 0. The molecule has 0 saturated carbocycles. The Kier molecular flexibility index (Phi) is 2.63. The zero-order valence-corrected chi connectivity index (χ0v) is 8.88. The van der Waals surface area contributed by atoms with Gasteiger partial charge in [-0.3, -0.25) is 4.40 Å². The number of imidazole rings is 1. The Labute approximate surface area is 86.4 Å². The normalized spacial score (nSPS) is 10.9. The largest absolute Gasteiger partial charge is 0.300 e. The fraction of sp³-hybridized carbons (Fsp3) is 0.400. The first-order valence-corrected chi connectivity index (χ1v) is 5.54. The molecule has 0 saturated heterocycles. The lowest BCUT2D eigenvalue weighted by molar-refractivity contribution is -0.117. The average Bonchev–Trinajstić information content (AvgIpc) is 2.62. The topological polar surface area (TPSA) is 34.4 Å². The molecule has 74 valence electrons. The molecule has 2 aromatic heterocycles. The molecule has 0 unspecified atom stereocenters. The van der Waals surface area contributed by atoms with Gasteiger partial charge in [0.2, 0.25) is 0 Å². The summed E-state index contributed by atoms with van der Waals surface area (Å²) in [5, 5.41) is 2.02. The Bertz CT molecular complexity index is 415. The number of nitrogens with zero attached hydrogens (tertiary/aromatic N) is 2. The fourth-order valence-corrected chi connectivity index (χ4v) is 2.13. The van der Waals surface area contributed by atoms with Gasteiger partial charge in [-0.1, -0.05) is 0 Å². The number of rotatable bonds is 4. The van der Waals surface area contributed by atoms with Gasteiger partial charge in [0.15, 0.2) is 4.96 Å². The van der Waals surface area contributed by atoms with Crippen LogP contribution in [0.5, 0.6) is 0 Å². The molecule has 0 aromatic carbocycles. The second-order valence-corrected chi connectivity index (χ2v) is 4.25. The van der Waals surface area contributed by atoms with E-state index in [0.717, 1.165) is 23.5 Å². The number of carbonyl (C=O) groups excluding carboxylic acids is 1. The highest BCUT2D eigenvalue weighted by Gasteiger charge is 2.02. The number of thiazole rings is 1. The van der Waals surface area contributed by atoms with E-state index in [0.29, 0.717) is 6.42 Å². The molecule has 0 amide bonds. The SMILES string of the molecule is CC(=O)CCCc1cn2ccsc2n1. The molecule has 2 heterocycles. The summed E-state index contributed by atoms with van der Waals surface area (Å²) in [4.78, 5) is 16.2. The van der Waals surface area contributed by atoms with Crippen LogP contribution in [0.1, 0.15) is 25.5 Å². The molecule has 2 aromatic rings. The predicted molar refractivity (Wildman–Crippen MR) is 56.7 cm³/mol. The lowest BCUT2D eigenvalue weighted by Crippen LogP contribution is -1.92. The van der Waals surface area contributed by atoms with Gasteiger partial charge in [0, 0.05) is 24.2 Å². The molecule has 0 spiro atoms. The van der Waals surface area contributed by atoms with Gasteiger partial charge in [-0.15, -0.1) is 11.3 Å². The lowest BCUT2D eigenvalue weighted by atomic mass is 10.1. The first-order chi connectivity index (χ1) is 6.75. The third kappa shape index (κ3) is 2.01. The number of aryl methyl sites for hydroxylation is 1. The van der Waals surface area contributed by atoms with Crippen molar-refractivity contribution >= 4 is 22.1 Å². The number of Topliss-reactive ketones (excluding diaryl/α,β-unsaturated/α-hetero) is 1. The number of ketones is 1. The lowest BCUT2D eigenvalue weighted by Gasteiger charge is -1.92. The van der Waals surface area contributed by atoms with Gasteiger partial charge in [-0.25, -0.2) is 4.98 Å². The second-order valence-electron chi connectivity index (χ2n) is 3.38. The molecular weight excluding hydrogens is 196 g/mol. The van der Waals surface area contributed by atoms with Crippen LogP contribution in [0.15, 0.2) is 17.8 Å². The average molecular weight is 208 g/mol. The van der Waals surface area contributed by atoms with Crippen LogP contribution in [0.2, 0.25) is 0 Å². The van der Waals surface area contributed by atoms with Crippen molar-refractivity contribution in [2.75, 3.05) is 0 Å². The van der Waals surface area contributed by atoms with E-state index < -0.39 is 0 Å². The zero-order valence-electron chi connectivity index (χ0n) is 8.06. The Balaban J connectivity index is 1.98. The van der Waals surface area contributed by atoms with Crippen molar-refractivity contribution in [1.29, 1.82) is 0 Å². The van der Waals surface area contributed by atoms with Gasteiger partial charge in [0.25, 0.3) is 0 Å². The van der Waals surface area contributed by atoms with Gasteiger partial charge in [0.05, 0.1) is 5.69 Å². The van der Waals surface area contributed by atoms with Gasteiger partial charge < -0.3 is 4.79 Å². The van der Waals surface area contributed by atoms with Crippen LogP contribution in [0.25, 0.3) is 4.96 Å². The molecule has 2 rings (SSSR count). The maximum atomic E-state index is 10.7. The van der Waals surface area contributed by atoms with Crippen molar-refractivity contribution in [3.05, 3.63) is 23.5 Å². The third-order valence-electron chi connectivity index (χ3n) is 2.10. The molecule has 0 N–H and O–H groups in total. The van der Waals surface area contributed by atoms with Gasteiger partial charge in [-0.2, -0.15) is 0 Å². The Hall–Kier alpha value is -1.16. The zero-order chi connectivity index (χ0) is 9.97. The van der Waals surface area contributed by atoms with E-state index in [1.54, 1.807) is 18.3 Å². The van der Waals surface area contributed by atoms with E-state index in [2.05, 4.69) is 4.98 Å². The highest BCUT2D eigenvalue weighted by molar-refractivity contribution is 7.15. The molecule has 0 aliphatic rings. The Morgan fingerprint density at radius 2 is 2.50 bits per heavy atom. The molecule has 0 bridgehead atoms. The predicted octanol–water partition coefficient (Wildman–Crippen LogP) is 2.31. The summed E-state index contributed by atoms with van der Waals surface area (Å²) in [6, 6.07) is 0. The molecule has 3 nitrogen and oxygen atoms in total. The maximum absolute atomic E-state index is 10.7. The molecule has 4 heteroatoms. The van der Waals surface area contributed by atoms with Crippen LogP contribution in [0, 0.1) is 0 Å². The van der Waals surface area contributed by atoms with Crippen LogP contribution < -0.4 is 0 Å². The van der Waals surface area contributed by atoms with Crippen molar-refractivity contribution in [2.24, 2.45) is 0 Å². The first-order valence-electron chi connectivity index (χ1n) is 4.66. The van der Waals surface area contributed by atoms with E-state index in [4.69, 9.17) is 0 Å². The monoisotopic (exact) mass is 208 g/mol. The second kappa shape index (κ2) is 3.92. The third-order valence-corrected chi connectivity index (χ3v) is 2.88. The first kappa shape index (κ1) is 9.40. The van der Waals surface area contributed by atoms with Crippen molar-refractivity contribution in [2.45, 2.75) is 26.2 Å². The summed E-state index contributed by atoms with van der Waals surface area (Å²) in [5.41, 5.74) is 1.08. The number of hydrogen-bond acceptors (Lipinski definition) is 3. The van der Waals surface area contributed by atoms with Gasteiger partial charge in [0.1, 0.15) is 5.78 Å². The van der Waals surface area contributed by atoms with Crippen molar-refractivity contribution in [3.8, 4) is 0 Å². The molecule has 0 aliphatic carbocycles. The van der Waals surface area contributed by atoms with Crippen LogP contribution in [-0.4, -0.2) is 15.2 Å². The maximum Gasteiger partial charge on any atom is 0.193 e. The summed E-state index contributed by atoms with van der Waals surface area (Å²) < 4.78 is 2.02. The van der Waals surface area contributed by atoms with Crippen LogP contribution >= 0.6 is 11.3 Å². The quantitative estimate of drug-likeness (QED) is 0.772. The molecule has 0 atom stereocenters. The summed E-state index contributed by atoms with van der Waals surface area (Å²) in [5.74, 6) is 0.256. The molecular formula is C10H12N2OS. The highest BCUT2D eigenvalue weighted by Crippen LogP contribution is 2.12. The van der Waals surface area contributed by atoms with Crippen LogP contribution in [0.3, 0.4) is 0 Å². The van der Waals surface area contributed by atoms with E-state index in [9.17, 15) is 4.79 Å². The standard InChI is InChI=1S/C10H12N2OS/c1-8(13)3-2-4-9-7-12-5-6-14-10(12)11-9/h5-7H,2-4H2,1H3. The van der Waals surface area contributed by atoms with E-state index in [-0.39, 0.29) is 5.78 Å². The minimum Gasteiger partial charge on any atom is -0.300 e. The van der Waals surface area contributed by atoms with Crippen molar-refractivity contribution < 1.29 is 4.79 Å². The van der Waals surface area contributed by atoms with Crippen LogP contribution in [-0.2, 0) is 11.2 Å². The summed E-state index contributed by atoms with van der Waals surface area (Å²) in [7, 11) is 0. The highest BCUT2D eigenvalue weighted by atomic mass is 32.1. The summed E-state index contributed by atoms with van der Waals surface area (Å²) >= 11 is 1.63. The van der Waals surface area contributed by atoms with Gasteiger partial charge >= 0.3 is 0 Å². The molecule has 0 fully saturated rings. The van der Waals surface area contributed by atoms with Crippen molar-refractivity contribution in [1.82, 2.24) is 9.38 Å². The Morgan fingerprint density at radius 3 is 3.21 bits per heavy atom. The van der Waals surface area contributed by atoms with Gasteiger partial charge in [-0.05, 0) is 19.8 Å². The minimum absolute atomic E-state index is 0.256. The van der Waals surface area contributed by atoms with Crippen molar-refractivity contribution in [3.63, 3.8) is 0 Å². The minimum atomic E-state index is 0.256. The summed E-state index contributed by atoms with van der Waals surface area (Å²) in [6.07, 6.45) is 6.49. The van der Waals surface area contributed by atoms with E-state index >= 15 is 0 Å². The number of fused-ring (bicyclic) bond motifs is 1.